The quantitative estimate of drug-likeness (QED) is 0.685. The molecule has 7 heteroatoms. The molecule has 0 bridgehead atoms. The van der Waals surface area contributed by atoms with Crippen molar-refractivity contribution in [1.82, 2.24) is 0 Å². The summed E-state index contributed by atoms with van der Waals surface area (Å²) in [5.74, 6) is -1.43. The number of carboxylic acid groups (broad SMARTS) is 1. The van der Waals surface area contributed by atoms with E-state index in [1.54, 1.807) is 42.5 Å². The second kappa shape index (κ2) is 7.63. The van der Waals surface area contributed by atoms with Gasteiger partial charge < -0.3 is 15.2 Å². The van der Waals surface area contributed by atoms with Crippen LogP contribution in [-0.2, 0) is 4.79 Å². The van der Waals surface area contributed by atoms with Crippen LogP contribution in [-0.4, -0.2) is 23.6 Å². The fraction of sp³-hybridized carbons (Fsp3) is 0.0909. The monoisotopic (exact) mass is 392 g/mol. The number of halogens is 1. The topological polar surface area (TPSA) is 78.9 Å². The summed E-state index contributed by atoms with van der Waals surface area (Å²) in [5.41, 5.74) is 2.21. The van der Waals surface area contributed by atoms with Crippen LogP contribution in [0.3, 0.4) is 0 Å². The Morgan fingerprint density at radius 2 is 1.72 bits per heavy atom. The van der Waals surface area contributed by atoms with Crippen LogP contribution in [0, 0.1) is 5.82 Å². The number of benzene rings is 3. The van der Waals surface area contributed by atoms with Gasteiger partial charge in [-0.15, -0.1) is 0 Å². The average molecular weight is 392 g/mol. The van der Waals surface area contributed by atoms with Crippen LogP contribution in [0.5, 0.6) is 5.75 Å². The Labute approximate surface area is 166 Å². The zero-order valence-corrected chi connectivity index (χ0v) is 15.2. The molecule has 3 aromatic rings. The number of ether oxygens (including phenoxy) is 1. The predicted octanol–water partition coefficient (Wildman–Crippen LogP) is 4.06. The molecular formula is C22H17FN2O4. The number of carboxylic acids is 1. The summed E-state index contributed by atoms with van der Waals surface area (Å²) < 4.78 is 18.9. The van der Waals surface area contributed by atoms with Crippen LogP contribution < -0.4 is 15.0 Å². The lowest BCUT2D eigenvalue weighted by Crippen LogP contribution is -2.43. The molecule has 146 valence electrons. The standard InChI is InChI=1S/C22H17FN2O4/c23-14-9-11-15(12-10-14)25-21(24-18-7-3-1-5-16(18)22(25)28)17-6-2-4-8-19(17)29-13-20(26)27/h1-12,21,24H,13H2,(H,26,27)/t21-/m0/s1. The first-order valence-corrected chi connectivity index (χ1v) is 8.93. The van der Waals surface area contributed by atoms with Crippen molar-refractivity contribution in [2.45, 2.75) is 6.17 Å². The molecule has 1 aliphatic rings. The van der Waals surface area contributed by atoms with E-state index in [9.17, 15) is 14.0 Å². The Kier molecular flexibility index (Phi) is 4.87. The lowest BCUT2D eigenvalue weighted by molar-refractivity contribution is -0.139. The van der Waals surface area contributed by atoms with Crippen molar-refractivity contribution in [2.24, 2.45) is 0 Å². The highest BCUT2D eigenvalue weighted by Crippen LogP contribution is 2.39. The lowest BCUT2D eigenvalue weighted by Gasteiger charge is -2.38. The molecule has 1 amide bonds. The lowest BCUT2D eigenvalue weighted by atomic mass is 10.0. The van der Waals surface area contributed by atoms with E-state index in [0.29, 0.717) is 28.3 Å². The van der Waals surface area contributed by atoms with E-state index < -0.39 is 24.6 Å². The van der Waals surface area contributed by atoms with E-state index in [4.69, 9.17) is 9.84 Å². The first-order chi connectivity index (χ1) is 14.0. The Morgan fingerprint density at radius 1 is 1.03 bits per heavy atom. The van der Waals surface area contributed by atoms with E-state index in [-0.39, 0.29) is 5.91 Å². The zero-order chi connectivity index (χ0) is 20.4. The van der Waals surface area contributed by atoms with E-state index in [1.807, 2.05) is 6.07 Å². The minimum absolute atomic E-state index is 0.260. The number of hydrogen-bond acceptors (Lipinski definition) is 4. The molecular weight excluding hydrogens is 375 g/mol. The summed E-state index contributed by atoms with van der Waals surface area (Å²) in [7, 11) is 0. The number of fused-ring (bicyclic) bond motifs is 1. The van der Waals surface area contributed by atoms with Gasteiger partial charge in [0.1, 0.15) is 17.7 Å². The third kappa shape index (κ3) is 3.62. The maximum Gasteiger partial charge on any atom is 0.341 e. The van der Waals surface area contributed by atoms with Crippen LogP contribution in [0.15, 0.2) is 72.8 Å². The van der Waals surface area contributed by atoms with Gasteiger partial charge in [-0.05, 0) is 42.5 Å². The van der Waals surface area contributed by atoms with Gasteiger partial charge in [-0.25, -0.2) is 9.18 Å². The van der Waals surface area contributed by atoms with Crippen molar-refractivity contribution in [2.75, 3.05) is 16.8 Å². The second-order valence-corrected chi connectivity index (χ2v) is 6.46. The maximum atomic E-state index is 13.5. The number of para-hydroxylation sites is 2. The molecule has 3 aromatic carbocycles. The van der Waals surface area contributed by atoms with Gasteiger partial charge in [-0.3, -0.25) is 9.69 Å². The summed E-state index contributed by atoms with van der Waals surface area (Å²) in [6, 6.07) is 19.6. The molecule has 2 N–H and O–H groups in total. The van der Waals surface area contributed by atoms with Crippen molar-refractivity contribution < 1.29 is 23.8 Å². The highest BCUT2D eigenvalue weighted by atomic mass is 19.1. The van der Waals surface area contributed by atoms with Crippen LogP contribution in [0.25, 0.3) is 0 Å². The van der Waals surface area contributed by atoms with Crippen molar-refractivity contribution in [3.05, 3.63) is 89.7 Å². The number of carbonyl (C=O) groups is 2. The Morgan fingerprint density at radius 3 is 2.48 bits per heavy atom. The van der Waals surface area contributed by atoms with Crippen LogP contribution in [0.2, 0.25) is 0 Å². The highest BCUT2D eigenvalue weighted by Gasteiger charge is 2.35. The first kappa shape index (κ1) is 18.5. The molecule has 0 fully saturated rings. The summed E-state index contributed by atoms with van der Waals surface area (Å²) in [6.45, 7) is -0.509. The second-order valence-electron chi connectivity index (χ2n) is 6.46. The fourth-order valence-electron chi connectivity index (χ4n) is 3.32. The fourth-order valence-corrected chi connectivity index (χ4v) is 3.32. The summed E-state index contributed by atoms with van der Waals surface area (Å²) in [4.78, 5) is 25.8. The zero-order valence-electron chi connectivity index (χ0n) is 15.2. The van der Waals surface area contributed by atoms with E-state index in [2.05, 4.69) is 5.32 Å². The molecule has 0 spiro atoms. The van der Waals surface area contributed by atoms with Gasteiger partial charge in [0.05, 0.1) is 5.56 Å². The van der Waals surface area contributed by atoms with Crippen molar-refractivity contribution in [3.63, 3.8) is 0 Å². The third-order valence-corrected chi connectivity index (χ3v) is 4.60. The number of hydrogen-bond donors (Lipinski definition) is 2. The number of carbonyl (C=O) groups excluding carboxylic acids is 1. The smallest absolute Gasteiger partial charge is 0.341 e. The summed E-state index contributed by atoms with van der Waals surface area (Å²) in [5, 5.41) is 12.3. The number of nitrogens with zero attached hydrogens (tertiary/aromatic N) is 1. The molecule has 0 unspecified atom stereocenters. The normalized spacial score (nSPS) is 15.4. The van der Waals surface area contributed by atoms with Gasteiger partial charge in [-0.1, -0.05) is 30.3 Å². The van der Waals surface area contributed by atoms with Crippen molar-refractivity contribution in [3.8, 4) is 5.75 Å². The minimum atomic E-state index is -1.10. The Hall–Kier alpha value is -3.87. The largest absolute Gasteiger partial charge is 0.481 e. The Bertz CT molecular complexity index is 1070. The predicted molar refractivity (Wildman–Crippen MR) is 106 cm³/mol. The van der Waals surface area contributed by atoms with E-state index in [1.165, 1.54) is 29.2 Å². The number of nitrogens with one attached hydrogen (secondary N) is 1. The molecule has 0 radical (unpaired) electrons. The van der Waals surface area contributed by atoms with Gasteiger partial charge in [0.15, 0.2) is 6.61 Å². The molecule has 0 aromatic heterocycles. The van der Waals surface area contributed by atoms with Gasteiger partial charge in [0, 0.05) is 16.9 Å². The first-order valence-electron chi connectivity index (χ1n) is 8.93. The highest BCUT2D eigenvalue weighted by molar-refractivity contribution is 6.12. The van der Waals surface area contributed by atoms with Crippen LogP contribution in [0.4, 0.5) is 15.8 Å². The summed E-state index contributed by atoms with van der Waals surface area (Å²) in [6.07, 6.45) is -0.673. The van der Waals surface area contributed by atoms with E-state index in [0.717, 1.165) is 0 Å². The molecule has 0 saturated heterocycles. The van der Waals surface area contributed by atoms with Crippen molar-refractivity contribution in [1.29, 1.82) is 0 Å². The molecule has 1 atom stereocenters. The number of amides is 1. The molecule has 1 aliphatic heterocycles. The number of rotatable bonds is 5. The van der Waals surface area contributed by atoms with Gasteiger partial charge in [0.25, 0.3) is 5.91 Å². The minimum Gasteiger partial charge on any atom is -0.481 e. The Balaban J connectivity index is 1.82. The molecule has 4 rings (SSSR count). The maximum absolute atomic E-state index is 13.5. The van der Waals surface area contributed by atoms with Crippen molar-refractivity contribution >= 4 is 23.3 Å². The van der Waals surface area contributed by atoms with E-state index >= 15 is 0 Å². The van der Waals surface area contributed by atoms with Crippen LogP contribution >= 0.6 is 0 Å². The molecule has 1 heterocycles. The number of anilines is 2. The van der Waals surface area contributed by atoms with Gasteiger partial charge in [0.2, 0.25) is 0 Å². The van der Waals surface area contributed by atoms with Crippen LogP contribution in [0.1, 0.15) is 22.1 Å². The molecule has 29 heavy (non-hydrogen) atoms. The number of aliphatic carboxylic acids is 1. The average Bonchev–Trinajstić information content (AvgIpc) is 2.73. The summed E-state index contributed by atoms with van der Waals surface area (Å²) >= 11 is 0. The van der Waals surface area contributed by atoms with Gasteiger partial charge in [-0.2, -0.15) is 0 Å². The molecule has 0 saturated carbocycles. The molecule has 0 aliphatic carbocycles. The van der Waals surface area contributed by atoms with Gasteiger partial charge >= 0.3 is 5.97 Å². The SMILES string of the molecule is O=C(O)COc1ccccc1[C@H]1Nc2ccccc2C(=O)N1c1ccc(F)cc1. The molecule has 6 nitrogen and oxygen atoms in total. The third-order valence-electron chi connectivity index (χ3n) is 4.60.